The first-order chi connectivity index (χ1) is 12.0. The first-order valence-corrected chi connectivity index (χ1v) is 9.92. The highest BCUT2D eigenvalue weighted by molar-refractivity contribution is 7.33. The Morgan fingerprint density at radius 1 is 0.769 bits per heavy atom. The van der Waals surface area contributed by atoms with Crippen LogP contribution in [0.4, 0.5) is 0 Å². The molecule has 0 saturated carbocycles. The van der Waals surface area contributed by atoms with Gasteiger partial charge in [-0.25, -0.2) is 9.59 Å². The van der Waals surface area contributed by atoms with E-state index in [0.717, 1.165) is 0 Å². The fourth-order valence-corrected chi connectivity index (χ4v) is 3.27. The van der Waals surface area contributed by atoms with Crippen LogP contribution < -0.4 is 0 Å². The lowest BCUT2D eigenvalue weighted by Crippen LogP contribution is -2.38. The van der Waals surface area contributed by atoms with Crippen LogP contribution >= 0.6 is 8.25 Å². The third-order valence-corrected chi connectivity index (χ3v) is 5.03. The molecule has 0 aliphatic heterocycles. The molecule has 0 saturated heterocycles. The fourth-order valence-electron chi connectivity index (χ4n) is 1.96. The Labute approximate surface area is 156 Å². The summed E-state index contributed by atoms with van der Waals surface area (Å²) >= 11 is 0. The zero-order chi connectivity index (χ0) is 20.5. The van der Waals surface area contributed by atoms with Crippen LogP contribution in [0.3, 0.4) is 0 Å². The molecule has 0 aliphatic carbocycles. The minimum Gasteiger partial charge on any atom is -0.429 e. The lowest BCUT2D eigenvalue weighted by molar-refractivity contribution is -0.213. The Morgan fingerprint density at radius 3 is 1.23 bits per heavy atom. The summed E-state index contributed by atoms with van der Waals surface area (Å²) in [4.78, 5) is 23.7. The first kappa shape index (κ1) is 24.6. The largest absolute Gasteiger partial charge is 0.429 e. The molecule has 8 heteroatoms. The molecule has 0 aromatic heterocycles. The van der Waals surface area contributed by atoms with Gasteiger partial charge < -0.3 is 9.47 Å². The van der Waals surface area contributed by atoms with Gasteiger partial charge in [0.15, 0.2) is 0 Å². The molecule has 0 radical (unpaired) electrons. The van der Waals surface area contributed by atoms with Crippen LogP contribution in [-0.2, 0) is 32.7 Å². The summed E-state index contributed by atoms with van der Waals surface area (Å²) in [5.41, 5.74) is 0.402. The summed E-state index contributed by atoms with van der Waals surface area (Å²) in [5.74, 6) is -4.10. The monoisotopic (exact) mass is 390 g/mol. The van der Waals surface area contributed by atoms with Gasteiger partial charge in [0.2, 0.25) is 11.6 Å². The lowest BCUT2D eigenvalue weighted by Gasteiger charge is -2.34. The summed E-state index contributed by atoms with van der Waals surface area (Å²) in [6.07, 6.45) is 1.05. The Morgan fingerprint density at radius 2 is 1.04 bits per heavy atom. The second-order valence-electron chi connectivity index (χ2n) is 6.03. The van der Waals surface area contributed by atoms with Crippen LogP contribution in [0.5, 0.6) is 0 Å². The minimum atomic E-state index is -3.16. The molecule has 0 fully saturated rings. The van der Waals surface area contributed by atoms with E-state index in [2.05, 4.69) is 13.2 Å². The molecule has 0 rings (SSSR count). The van der Waals surface area contributed by atoms with Crippen molar-refractivity contribution in [3.63, 3.8) is 0 Å². The van der Waals surface area contributed by atoms with Gasteiger partial charge in [-0.05, 0) is 13.8 Å². The van der Waals surface area contributed by atoms with Gasteiger partial charge in [0.1, 0.15) is 0 Å². The van der Waals surface area contributed by atoms with Crippen LogP contribution in [0.25, 0.3) is 0 Å². The molecule has 0 aromatic carbocycles. The number of carbonyl (C=O) groups is 2. The molecular weight excluding hydrogens is 359 g/mol. The predicted octanol–water partition coefficient (Wildman–Crippen LogP) is 4.68. The quantitative estimate of drug-likeness (QED) is 0.207. The van der Waals surface area contributed by atoms with E-state index in [1.165, 1.54) is 13.8 Å². The molecular formula is C18H31O7P. The third kappa shape index (κ3) is 7.06. The second kappa shape index (κ2) is 10.7. The van der Waals surface area contributed by atoms with Crippen molar-refractivity contribution >= 4 is 20.2 Å². The number of hydrogen-bond acceptors (Lipinski definition) is 7. The predicted molar refractivity (Wildman–Crippen MR) is 99.6 cm³/mol. The van der Waals surface area contributed by atoms with Gasteiger partial charge in [-0.3, -0.25) is 13.6 Å². The lowest BCUT2D eigenvalue weighted by atomic mass is 10.1. The second-order valence-corrected chi connectivity index (χ2v) is 6.94. The normalized spacial score (nSPS) is 12.0. The van der Waals surface area contributed by atoms with E-state index in [1.807, 2.05) is 0 Å². The van der Waals surface area contributed by atoms with Gasteiger partial charge >= 0.3 is 20.2 Å². The van der Waals surface area contributed by atoms with E-state index in [-0.39, 0.29) is 36.8 Å². The van der Waals surface area contributed by atoms with Gasteiger partial charge in [0.25, 0.3) is 0 Å². The maximum atomic E-state index is 12.5. The van der Waals surface area contributed by atoms with Crippen molar-refractivity contribution in [2.24, 2.45) is 0 Å². The average Bonchev–Trinajstić information content (AvgIpc) is 2.59. The molecule has 26 heavy (non-hydrogen) atoms. The number of ether oxygens (including phenoxy) is 2. The van der Waals surface area contributed by atoms with E-state index >= 15 is 0 Å². The van der Waals surface area contributed by atoms with Crippen molar-refractivity contribution in [3.8, 4) is 0 Å². The summed E-state index contributed by atoms with van der Waals surface area (Å²) in [6.45, 7) is 17.0. The zero-order valence-electron chi connectivity index (χ0n) is 16.6. The van der Waals surface area contributed by atoms with Gasteiger partial charge in [-0.1, -0.05) is 40.9 Å². The van der Waals surface area contributed by atoms with E-state index in [0.29, 0.717) is 0 Å². The maximum absolute atomic E-state index is 12.5. The van der Waals surface area contributed by atoms with Gasteiger partial charge in [-0.15, -0.1) is 0 Å². The zero-order valence-corrected chi connectivity index (χ0v) is 17.6. The van der Waals surface area contributed by atoms with E-state index in [1.54, 1.807) is 27.7 Å². The molecule has 150 valence electrons. The van der Waals surface area contributed by atoms with Gasteiger partial charge in [0, 0.05) is 36.8 Å². The summed E-state index contributed by atoms with van der Waals surface area (Å²) in [7, 11) is -3.16. The molecule has 0 amide bonds. The molecule has 0 atom stereocenters. The smallest absolute Gasteiger partial charge is 0.335 e. The van der Waals surface area contributed by atoms with Crippen LogP contribution in [0.1, 0.15) is 67.2 Å². The topological polar surface area (TPSA) is 88.1 Å². The van der Waals surface area contributed by atoms with Crippen LogP contribution in [0, 0.1) is 0 Å². The molecule has 0 aliphatic rings. The number of hydrogen-bond donors (Lipinski definition) is 0. The van der Waals surface area contributed by atoms with Gasteiger partial charge in [0.05, 0.1) is 0 Å². The standard InChI is InChI=1S/C18H31O7P/c1-9-17(10-2,22-15(19)13(5)6)24-26(21)25-18(11-3,12-4)23-16(20)14(7)8/h26H,5,7,9-12H2,1-4,6,8H3. The molecule has 7 nitrogen and oxygen atoms in total. The highest BCUT2D eigenvalue weighted by atomic mass is 31.1. The summed E-state index contributed by atoms with van der Waals surface area (Å²) in [5, 5.41) is 0. The summed E-state index contributed by atoms with van der Waals surface area (Å²) in [6, 6.07) is 0. The molecule has 0 spiro atoms. The number of esters is 2. The summed E-state index contributed by atoms with van der Waals surface area (Å²) < 4.78 is 34.2. The maximum Gasteiger partial charge on any atom is 0.335 e. The number of carbonyl (C=O) groups excluding carboxylic acids is 2. The third-order valence-electron chi connectivity index (χ3n) is 3.95. The molecule has 0 aromatic rings. The molecule has 0 heterocycles. The molecule has 0 N–H and O–H groups in total. The van der Waals surface area contributed by atoms with Crippen LogP contribution in [-0.4, -0.2) is 23.5 Å². The Hall–Kier alpha value is -1.43. The van der Waals surface area contributed by atoms with Crippen molar-refractivity contribution < 1.29 is 32.7 Å². The van der Waals surface area contributed by atoms with E-state index < -0.39 is 31.8 Å². The van der Waals surface area contributed by atoms with Crippen molar-refractivity contribution in [2.45, 2.75) is 78.8 Å². The Bertz CT molecular complexity index is 512. The number of rotatable bonds is 12. The van der Waals surface area contributed by atoms with E-state index in [9.17, 15) is 14.2 Å². The highest BCUT2D eigenvalue weighted by Crippen LogP contribution is 2.42. The molecule has 0 bridgehead atoms. The fraction of sp³-hybridized carbons (Fsp3) is 0.667. The van der Waals surface area contributed by atoms with Crippen molar-refractivity contribution in [3.05, 3.63) is 24.3 Å². The van der Waals surface area contributed by atoms with Crippen LogP contribution in [0.15, 0.2) is 24.3 Å². The van der Waals surface area contributed by atoms with Crippen LogP contribution in [0.2, 0.25) is 0 Å². The van der Waals surface area contributed by atoms with Crippen molar-refractivity contribution in [1.82, 2.24) is 0 Å². The minimum absolute atomic E-state index is 0.201. The SMILES string of the molecule is C=C(C)C(=O)OC(CC)(CC)O[PH](=O)OC(CC)(CC)OC(=O)C(=C)C. The van der Waals surface area contributed by atoms with Gasteiger partial charge in [-0.2, -0.15) is 0 Å². The first-order valence-electron chi connectivity index (χ1n) is 8.70. The highest BCUT2D eigenvalue weighted by Gasteiger charge is 2.39. The molecule has 0 unspecified atom stereocenters. The van der Waals surface area contributed by atoms with Crippen molar-refractivity contribution in [1.29, 1.82) is 0 Å². The Kier molecular flexibility index (Phi) is 10.1. The Balaban J connectivity index is 5.34. The van der Waals surface area contributed by atoms with E-state index in [4.69, 9.17) is 18.5 Å². The average molecular weight is 390 g/mol. The van der Waals surface area contributed by atoms with Crippen molar-refractivity contribution in [2.75, 3.05) is 0 Å².